The van der Waals surface area contributed by atoms with Crippen LogP contribution in [0.1, 0.15) is 34.6 Å². The van der Waals surface area contributed by atoms with Crippen molar-refractivity contribution in [2.45, 2.75) is 46.7 Å². The molecule has 0 saturated heterocycles. The van der Waals surface area contributed by atoms with E-state index in [1.165, 1.54) is 0 Å². The van der Waals surface area contributed by atoms with Crippen LogP contribution in [0.25, 0.3) is 0 Å². The lowest BCUT2D eigenvalue weighted by Gasteiger charge is -2.33. The van der Waals surface area contributed by atoms with Crippen LogP contribution in [0.4, 0.5) is 0 Å². The molecule has 0 aromatic carbocycles. The Balaban J connectivity index is 4.42. The van der Waals surface area contributed by atoms with Crippen molar-refractivity contribution >= 4 is 8.30 Å². The van der Waals surface area contributed by atoms with Gasteiger partial charge >= 0.3 is 0 Å². The molecule has 0 amide bonds. The Hall–Kier alpha value is -0.0900. The minimum Gasteiger partial charge on any atom is -0.334 e. The zero-order valence-electron chi connectivity index (χ0n) is 9.24. The first-order valence-electron chi connectivity index (χ1n) is 4.72. The molecule has 0 spiro atoms. The molecule has 13 heavy (non-hydrogen) atoms. The smallest absolute Gasteiger partial charge is 0.187 e. The molecule has 0 aliphatic heterocycles. The second-order valence-electron chi connectivity index (χ2n) is 3.39. The maximum atomic E-state index is 5.53. The van der Waals surface area contributed by atoms with Crippen LogP contribution < -0.4 is 0 Å². The van der Waals surface area contributed by atoms with Crippen LogP contribution in [0.15, 0.2) is 0 Å². The molecular formula is C10H20NOP. The number of terminal acetylenes is 1. The third kappa shape index (κ3) is 4.09. The molecule has 0 aliphatic rings. The monoisotopic (exact) mass is 201 g/mol. The van der Waals surface area contributed by atoms with Gasteiger partial charge in [0, 0.05) is 12.1 Å². The fourth-order valence-corrected chi connectivity index (χ4v) is 2.73. The van der Waals surface area contributed by atoms with Crippen molar-refractivity contribution in [1.29, 1.82) is 0 Å². The summed E-state index contributed by atoms with van der Waals surface area (Å²) < 4.78 is 7.78. The van der Waals surface area contributed by atoms with Crippen molar-refractivity contribution < 1.29 is 4.52 Å². The molecule has 0 aromatic rings. The number of hydrogen-bond donors (Lipinski definition) is 0. The molecule has 0 N–H and O–H groups in total. The van der Waals surface area contributed by atoms with Crippen LogP contribution in [-0.2, 0) is 4.52 Å². The Labute approximate surface area is 83.5 Å². The van der Waals surface area contributed by atoms with Crippen molar-refractivity contribution in [2.75, 3.05) is 6.61 Å². The van der Waals surface area contributed by atoms with Gasteiger partial charge in [-0.25, -0.2) is 4.67 Å². The lowest BCUT2D eigenvalue weighted by molar-refractivity contribution is 0.267. The van der Waals surface area contributed by atoms with Gasteiger partial charge in [0.1, 0.15) is 0 Å². The normalized spacial score (nSPS) is 13.8. The number of hydrogen-bond acceptors (Lipinski definition) is 2. The van der Waals surface area contributed by atoms with Crippen molar-refractivity contribution in [1.82, 2.24) is 4.67 Å². The van der Waals surface area contributed by atoms with Crippen molar-refractivity contribution in [2.24, 2.45) is 0 Å². The summed E-state index contributed by atoms with van der Waals surface area (Å²) >= 11 is 0. The lowest BCUT2D eigenvalue weighted by atomic mass is 10.3. The van der Waals surface area contributed by atoms with Gasteiger partial charge in [0.15, 0.2) is 8.30 Å². The molecule has 0 aromatic heterocycles. The summed E-state index contributed by atoms with van der Waals surface area (Å²) in [7, 11) is -0.840. The van der Waals surface area contributed by atoms with E-state index in [0.717, 1.165) is 0 Å². The SMILES string of the molecule is C#CP(OCC)N(C(C)C)C(C)C. The second kappa shape index (κ2) is 6.38. The Morgan fingerprint density at radius 1 is 1.31 bits per heavy atom. The zero-order chi connectivity index (χ0) is 10.4. The van der Waals surface area contributed by atoms with Crippen molar-refractivity contribution in [3.05, 3.63) is 0 Å². The fraction of sp³-hybridized carbons (Fsp3) is 0.800. The van der Waals surface area contributed by atoms with E-state index in [4.69, 9.17) is 10.9 Å². The predicted molar refractivity (Wildman–Crippen MR) is 59.5 cm³/mol. The van der Waals surface area contributed by atoms with E-state index in [2.05, 4.69) is 38.0 Å². The molecule has 0 bridgehead atoms. The van der Waals surface area contributed by atoms with E-state index in [9.17, 15) is 0 Å². The Morgan fingerprint density at radius 3 is 2.00 bits per heavy atom. The van der Waals surface area contributed by atoms with Crippen molar-refractivity contribution in [3.63, 3.8) is 0 Å². The summed E-state index contributed by atoms with van der Waals surface area (Å²) in [4.78, 5) is 0. The van der Waals surface area contributed by atoms with Gasteiger partial charge in [0.25, 0.3) is 0 Å². The van der Waals surface area contributed by atoms with Crippen LogP contribution in [0.2, 0.25) is 0 Å². The minimum absolute atomic E-state index is 0.439. The Bertz CT molecular complexity index is 166. The first-order valence-corrected chi connectivity index (χ1v) is 5.93. The first kappa shape index (κ1) is 12.9. The predicted octanol–water partition coefficient (Wildman–Crippen LogP) is 3.04. The summed E-state index contributed by atoms with van der Waals surface area (Å²) in [6.45, 7) is 11.2. The maximum Gasteiger partial charge on any atom is 0.187 e. The summed E-state index contributed by atoms with van der Waals surface area (Å²) in [6.07, 6.45) is 5.45. The van der Waals surface area contributed by atoms with Gasteiger partial charge in [-0.2, -0.15) is 0 Å². The molecule has 1 atom stereocenters. The lowest BCUT2D eigenvalue weighted by Crippen LogP contribution is -2.32. The summed E-state index contributed by atoms with van der Waals surface area (Å²) in [6, 6.07) is 0.877. The third-order valence-corrected chi connectivity index (χ3v) is 3.70. The first-order chi connectivity index (χ1) is 6.04. The summed E-state index contributed by atoms with van der Waals surface area (Å²) in [5.74, 6) is 0. The van der Waals surface area contributed by atoms with E-state index in [1.807, 2.05) is 6.92 Å². The molecule has 0 aliphatic carbocycles. The van der Waals surface area contributed by atoms with Crippen molar-refractivity contribution in [3.8, 4) is 12.1 Å². The molecule has 0 saturated carbocycles. The zero-order valence-corrected chi connectivity index (χ0v) is 10.1. The average Bonchev–Trinajstić information content (AvgIpc) is 2.02. The van der Waals surface area contributed by atoms with Gasteiger partial charge in [0.05, 0.1) is 6.61 Å². The number of rotatable bonds is 5. The number of nitrogens with zero attached hydrogens (tertiary/aromatic N) is 1. The highest BCUT2D eigenvalue weighted by Crippen LogP contribution is 2.43. The quantitative estimate of drug-likeness (QED) is 0.500. The van der Waals surface area contributed by atoms with Crippen LogP contribution >= 0.6 is 8.30 Å². The summed E-state index contributed by atoms with van der Waals surface area (Å²) in [5, 5.41) is 0. The molecule has 0 fully saturated rings. The minimum atomic E-state index is -0.840. The molecular weight excluding hydrogens is 181 g/mol. The van der Waals surface area contributed by atoms with E-state index in [0.29, 0.717) is 18.7 Å². The second-order valence-corrected chi connectivity index (χ2v) is 4.91. The van der Waals surface area contributed by atoms with E-state index in [1.54, 1.807) is 0 Å². The molecule has 1 unspecified atom stereocenters. The van der Waals surface area contributed by atoms with Gasteiger partial charge in [-0.1, -0.05) is 0 Å². The highest BCUT2D eigenvalue weighted by Gasteiger charge is 2.22. The Kier molecular flexibility index (Phi) is 6.33. The largest absolute Gasteiger partial charge is 0.334 e. The fourth-order valence-electron chi connectivity index (χ4n) is 1.31. The van der Waals surface area contributed by atoms with E-state index >= 15 is 0 Å². The van der Waals surface area contributed by atoms with Gasteiger partial charge in [0.2, 0.25) is 0 Å². The molecule has 0 rings (SSSR count). The van der Waals surface area contributed by atoms with Gasteiger partial charge in [-0.05, 0) is 40.3 Å². The summed E-state index contributed by atoms with van der Waals surface area (Å²) in [5.41, 5.74) is 2.73. The van der Waals surface area contributed by atoms with Gasteiger partial charge in [-0.15, -0.1) is 6.42 Å². The van der Waals surface area contributed by atoms with E-state index in [-0.39, 0.29) is 0 Å². The standard InChI is InChI=1S/C10H20NOP/c1-7-12-13(8-2)11(9(3)4)10(5)6/h2,9-10H,7H2,1,3-6H3. The van der Waals surface area contributed by atoms with Gasteiger partial charge in [-0.3, -0.25) is 0 Å². The maximum absolute atomic E-state index is 5.53. The van der Waals surface area contributed by atoms with E-state index < -0.39 is 8.30 Å². The molecule has 0 heterocycles. The van der Waals surface area contributed by atoms with Crippen LogP contribution in [-0.4, -0.2) is 23.4 Å². The highest BCUT2D eigenvalue weighted by molar-refractivity contribution is 7.55. The van der Waals surface area contributed by atoms with Crippen LogP contribution in [0.5, 0.6) is 0 Å². The molecule has 2 nitrogen and oxygen atoms in total. The molecule has 0 radical (unpaired) electrons. The topological polar surface area (TPSA) is 12.5 Å². The molecule has 76 valence electrons. The third-order valence-electron chi connectivity index (χ3n) is 1.63. The average molecular weight is 201 g/mol. The van der Waals surface area contributed by atoms with Gasteiger partial charge < -0.3 is 4.52 Å². The highest BCUT2D eigenvalue weighted by atomic mass is 31.2. The van der Waals surface area contributed by atoms with Crippen LogP contribution in [0, 0.1) is 12.1 Å². The van der Waals surface area contributed by atoms with Crippen LogP contribution in [0.3, 0.4) is 0 Å². The molecule has 3 heteroatoms. The Morgan fingerprint density at radius 2 is 1.77 bits per heavy atom.